The normalized spacial score (nSPS) is 21.5. The summed E-state index contributed by atoms with van der Waals surface area (Å²) in [6.45, 7) is 5.87. The number of ketones is 1. The molecule has 18 heavy (non-hydrogen) atoms. The van der Waals surface area contributed by atoms with Gasteiger partial charge in [0.05, 0.1) is 11.3 Å². The molecule has 0 bridgehead atoms. The second kappa shape index (κ2) is 6.15. The highest BCUT2D eigenvalue weighted by Gasteiger charge is 2.37. The summed E-state index contributed by atoms with van der Waals surface area (Å²) < 4.78 is 22.3. The molecule has 0 aromatic heterocycles. The number of Topliss-reactive ketones (excluding diaryl/α,β-unsaturated/α-hetero) is 1. The van der Waals surface area contributed by atoms with E-state index >= 15 is 0 Å². The molecule has 1 aliphatic rings. The van der Waals surface area contributed by atoms with Crippen molar-refractivity contribution in [2.75, 3.05) is 25.1 Å². The average Bonchev–Trinajstić information content (AvgIpc) is 2.35. The molecule has 4 nitrogen and oxygen atoms in total. The van der Waals surface area contributed by atoms with Gasteiger partial charge in [-0.2, -0.15) is 0 Å². The molecule has 0 aromatic carbocycles. The Labute approximate surface area is 111 Å². The van der Waals surface area contributed by atoms with Crippen LogP contribution in [0, 0.1) is 0 Å². The van der Waals surface area contributed by atoms with Crippen molar-refractivity contribution in [3.8, 4) is 0 Å². The number of rotatable bonds is 6. The summed E-state index contributed by atoms with van der Waals surface area (Å²) in [5.41, 5.74) is -0.481. The monoisotopic (exact) mass is 275 g/mol. The molecule has 0 aliphatic carbocycles. The number of likely N-dealkylation sites (tertiary alicyclic amines) is 1. The van der Waals surface area contributed by atoms with Crippen LogP contribution in [0.2, 0.25) is 0 Å². The van der Waals surface area contributed by atoms with E-state index < -0.39 is 15.4 Å². The molecule has 0 spiro atoms. The van der Waals surface area contributed by atoms with Crippen LogP contribution in [0.25, 0.3) is 0 Å². The van der Waals surface area contributed by atoms with E-state index in [2.05, 4.69) is 4.90 Å². The molecular weight excluding hydrogens is 250 g/mol. The first-order valence-corrected chi connectivity index (χ1v) is 8.82. The molecule has 0 amide bonds. The van der Waals surface area contributed by atoms with E-state index in [1.807, 2.05) is 13.8 Å². The van der Waals surface area contributed by atoms with Crippen molar-refractivity contribution in [3.63, 3.8) is 0 Å². The zero-order valence-corrected chi connectivity index (χ0v) is 12.6. The summed E-state index contributed by atoms with van der Waals surface area (Å²) in [7, 11) is -3.06. The molecule has 0 N–H and O–H groups in total. The lowest BCUT2D eigenvalue weighted by atomic mass is 9.87. The van der Waals surface area contributed by atoms with Gasteiger partial charge in [-0.15, -0.1) is 0 Å². The van der Waals surface area contributed by atoms with Gasteiger partial charge in [0.15, 0.2) is 5.78 Å². The SMILES string of the molecule is CCC(C)(C(=O)CCS(C)(=O)=O)N1CCCCC1. The van der Waals surface area contributed by atoms with Crippen LogP contribution in [0.4, 0.5) is 0 Å². The van der Waals surface area contributed by atoms with Gasteiger partial charge >= 0.3 is 0 Å². The number of nitrogens with zero attached hydrogens (tertiary/aromatic N) is 1. The Morgan fingerprint density at radius 2 is 1.78 bits per heavy atom. The largest absolute Gasteiger partial charge is 0.298 e. The van der Waals surface area contributed by atoms with Gasteiger partial charge in [-0.05, 0) is 39.3 Å². The van der Waals surface area contributed by atoms with Crippen molar-refractivity contribution in [2.45, 2.75) is 51.5 Å². The third-order valence-corrected chi connectivity index (χ3v) is 4.99. The lowest BCUT2D eigenvalue weighted by Crippen LogP contribution is -2.54. The van der Waals surface area contributed by atoms with Crippen molar-refractivity contribution in [2.24, 2.45) is 0 Å². The second-order valence-corrected chi connectivity index (χ2v) is 7.74. The summed E-state index contributed by atoms with van der Waals surface area (Å²) >= 11 is 0. The van der Waals surface area contributed by atoms with Crippen LogP contribution in [-0.4, -0.2) is 49.7 Å². The zero-order chi connectivity index (χ0) is 13.8. The zero-order valence-electron chi connectivity index (χ0n) is 11.7. The number of carbonyl (C=O) groups is 1. The topological polar surface area (TPSA) is 54.5 Å². The van der Waals surface area contributed by atoms with Crippen LogP contribution in [0.1, 0.15) is 46.0 Å². The van der Waals surface area contributed by atoms with E-state index in [0.717, 1.165) is 32.4 Å². The fourth-order valence-electron chi connectivity index (χ4n) is 2.53. The highest BCUT2D eigenvalue weighted by Crippen LogP contribution is 2.26. The van der Waals surface area contributed by atoms with Crippen LogP contribution in [0.5, 0.6) is 0 Å². The minimum atomic E-state index is -3.06. The predicted molar refractivity (Wildman–Crippen MR) is 73.5 cm³/mol. The van der Waals surface area contributed by atoms with Crippen molar-refractivity contribution in [1.29, 1.82) is 0 Å². The van der Waals surface area contributed by atoms with E-state index in [9.17, 15) is 13.2 Å². The highest BCUT2D eigenvalue weighted by molar-refractivity contribution is 7.90. The van der Waals surface area contributed by atoms with Gasteiger partial charge < -0.3 is 0 Å². The maximum absolute atomic E-state index is 12.3. The Bertz CT molecular complexity index is 385. The molecular formula is C13H25NO3S. The Hall–Kier alpha value is -0.420. The highest BCUT2D eigenvalue weighted by atomic mass is 32.2. The number of piperidine rings is 1. The van der Waals surface area contributed by atoms with Crippen LogP contribution in [-0.2, 0) is 14.6 Å². The Balaban J connectivity index is 2.70. The minimum Gasteiger partial charge on any atom is -0.298 e. The van der Waals surface area contributed by atoms with Gasteiger partial charge in [0.25, 0.3) is 0 Å². The van der Waals surface area contributed by atoms with Crippen molar-refractivity contribution in [1.82, 2.24) is 4.90 Å². The van der Waals surface area contributed by atoms with E-state index in [4.69, 9.17) is 0 Å². The lowest BCUT2D eigenvalue weighted by Gasteiger charge is -2.42. The molecule has 0 radical (unpaired) electrons. The van der Waals surface area contributed by atoms with Gasteiger partial charge in [-0.3, -0.25) is 9.69 Å². The molecule has 106 valence electrons. The fourth-order valence-corrected chi connectivity index (χ4v) is 3.09. The Morgan fingerprint density at radius 1 is 1.22 bits per heavy atom. The number of hydrogen-bond acceptors (Lipinski definition) is 4. The average molecular weight is 275 g/mol. The third-order valence-electron chi connectivity index (χ3n) is 4.04. The summed E-state index contributed by atoms with van der Waals surface area (Å²) in [4.78, 5) is 14.6. The van der Waals surface area contributed by atoms with Gasteiger partial charge in [0.1, 0.15) is 9.84 Å². The maximum Gasteiger partial charge on any atom is 0.153 e. The quantitative estimate of drug-likeness (QED) is 0.739. The summed E-state index contributed by atoms with van der Waals surface area (Å²) in [6, 6.07) is 0. The summed E-state index contributed by atoms with van der Waals surface area (Å²) in [5, 5.41) is 0. The van der Waals surface area contributed by atoms with Crippen molar-refractivity contribution >= 4 is 15.6 Å². The molecule has 5 heteroatoms. The standard InChI is InChI=1S/C13H25NO3S/c1-4-13(2,14-9-6-5-7-10-14)12(15)8-11-18(3,16)17/h4-11H2,1-3H3. The fraction of sp³-hybridized carbons (Fsp3) is 0.923. The molecule has 1 heterocycles. The number of hydrogen-bond donors (Lipinski definition) is 0. The molecule has 1 atom stereocenters. The molecule has 1 rings (SSSR count). The first kappa shape index (κ1) is 15.6. The van der Waals surface area contributed by atoms with E-state index in [1.165, 1.54) is 12.7 Å². The maximum atomic E-state index is 12.3. The third kappa shape index (κ3) is 4.05. The molecule has 0 saturated carbocycles. The predicted octanol–water partition coefficient (Wildman–Crippen LogP) is 1.64. The first-order valence-electron chi connectivity index (χ1n) is 6.75. The first-order chi connectivity index (χ1) is 8.29. The Morgan fingerprint density at radius 3 is 2.22 bits per heavy atom. The summed E-state index contributed by atoms with van der Waals surface area (Å²) in [6.07, 6.45) is 5.57. The van der Waals surface area contributed by atoms with Gasteiger partial charge in [-0.1, -0.05) is 13.3 Å². The minimum absolute atomic E-state index is 0.0325. The molecule has 0 aromatic rings. The van der Waals surface area contributed by atoms with E-state index in [-0.39, 0.29) is 18.0 Å². The smallest absolute Gasteiger partial charge is 0.153 e. The van der Waals surface area contributed by atoms with Gasteiger partial charge in [0, 0.05) is 12.7 Å². The number of carbonyl (C=O) groups excluding carboxylic acids is 1. The van der Waals surface area contributed by atoms with Crippen LogP contribution in [0.3, 0.4) is 0 Å². The van der Waals surface area contributed by atoms with Crippen molar-refractivity contribution in [3.05, 3.63) is 0 Å². The molecule has 1 fully saturated rings. The Kier molecular flexibility index (Phi) is 5.34. The second-order valence-electron chi connectivity index (χ2n) is 5.48. The van der Waals surface area contributed by atoms with Crippen LogP contribution < -0.4 is 0 Å². The molecule has 1 aliphatic heterocycles. The van der Waals surface area contributed by atoms with Crippen LogP contribution >= 0.6 is 0 Å². The van der Waals surface area contributed by atoms with Gasteiger partial charge in [0.2, 0.25) is 0 Å². The lowest BCUT2D eigenvalue weighted by molar-refractivity contribution is -0.131. The van der Waals surface area contributed by atoms with E-state index in [1.54, 1.807) is 0 Å². The number of sulfone groups is 1. The van der Waals surface area contributed by atoms with Gasteiger partial charge in [-0.25, -0.2) is 8.42 Å². The molecule has 1 unspecified atom stereocenters. The molecule has 1 saturated heterocycles. The summed E-state index contributed by atoms with van der Waals surface area (Å²) in [5.74, 6) is 0.0345. The van der Waals surface area contributed by atoms with Crippen molar-refractivity contribution < 1.29 is 13.2 Å². The van der Waals surface area contributed by atoms with Crippen LogP contribution in [0.15, 0.2) is 0 Å². The van der Waals surface area contributed by atoms with E-state index in [0.29, 0.717) is 0 Å².